The van der Waals surface area contributed by atoms with Crippen LogP contribution in [0.2, 0.25) is 5.15 Å². The number of rotatable bonds is 4. The molecule has 6 nitrogen and oxygen atoms in total. The van der Waals surface area contributed by atoms with Crippen LogP contribution in [0.3, 0.4) is 0 Å². The molecule has 0 spiro atoms. The van der Waals surface area contributed by atoms with Crippen LogP contribution in [0, 0.1) is 5.92 Å². The van der Waals surface area contributed by atoms with Crippen molar-refractivity contribution >= 4 is 34.4 Å². The van der Waals surface area contributed by atoms with Gasteiger partial charge in [-0.1, -0.05) is 23.7 Å². The summed E-state index contributed by atoms with van der Waals surface area (Å²) in [6.07, 6.45) is 5.65. The molecule has 146 valence electrons. The van der Waals surface area contributed by atoms with Crippen molar-refractivity contribution in [1.82, 2.24) is 14.5 Å². The van der Waals surface area contributed by atoms with Gasteiger partial charge in [-0.25, -0.2) is 14.8 Å². The first-order valence-electron chi connectivity index (χ1n) is 9.40. The van der Waals surface area contributed by atoms with Crippen molar-refractivity contribution in [3.05, 3.63) is 41.9 Å². The average Bonchev–Trinajstić information content (AvgIpc) is 3.34. The molecule has 7 heteroatoms. The fraction of sp³-hybridized carbons (Fsp3) is 0.381. The number of hydrogen-bond acceptors (Lipinski definition) is 4. The first-order valence-corrected chi connectivity index (χ1v) is 9.78. The van der Waals surface area contributed by atoms with Crippen molar-refractivity contribution in [2.24, 2.45) is 5.92 Å². The molecule has 28 heavy (non-hydrogen) atoms. The van der Waals surface area contributed by atoms with E-state index in [-0.39, 0.29) is 0 Å². The maximum atomic E-state index is 11.9. The molecule has 2 aromatic heterocycles. The van der Waals surface area contributed by atoms with Gasteiger partial charge in [0.05, 0.1) is 5.39 Å². The molecule has 1 aromatic carbocycles. The van der Waals surface area contributed by atoms with E-state index in [9.17, 15) is 4.79 Å². The zero-order valence-electron chi connectivity index (χ0n) is 16.2. The van der Waals surface area contributed by atoms with Crippen LogP contribution in [0.1, 0.15) is 33.6 Å². The van der Waals surface area contributed by atoms with Crippen LogP contribution < -0.4 is 5.32 Å². The van der Waals surface area contributed by atoms with Gasteiger partial charge in [0.15, 0.2) is 0 Å². The van der Waals surface area contributed by atoms with Crippen LogP contribution in [0.15, 0.2) is 36.8 Å². The molecule has 3 aromatic rings. The normalized spacial score (nSPS) is 14.3. The molecule has 1 N–H and O–H groups in total. The second-order valence-corrected chi connectivity index (χ2v) is 8.56. The second-order valence-electron chi connectivity index (χ2n) is 8.21. The molecule has 2 heterocycles. The molecular weight excluding hydrogens is 376 g/mol. The van der Waals surface area contributed by atoms with Gasteiger partial charge in [0, 0.05) is 24.0 Å². The third kappa shape index (κ3) is 4.12. The molecule has 0 bridgehead atoms. The topological polar surface area (TPSA) is 69.0 Å². The molecular formula is C21H23ClN4O2. The highest BCUT2D eigenvalue weighted by Crippen LogP contribution is 2.37. The number of nitrogens with zero attached hydrogens (tertiary/aromatic N) is 3. The van der Waals surface area contributed by atoms with Gasteiger partial charge in [-0.05, 0) is 57.2 Å². The molecule has 1 aliphatic rings. The summed E-state index contributed by atoms with van der Waals surface area (Å²) in [4.78, 5) is 20.6. The molecule has 0 aliphatic heterocycles. The number of amides is 1. The number of nitrogens with one attached hydrogen (secondary N) is 1. The zero-order chi connectivity index (χ0) is 19.9. The van der Waals surface area contributed by atoms with Gasteiger partial charge in [0.2, 0.25) is 0 Å². The summed E-state index contributed by atoms with van der Waals surface area (Å²) < 4.78 is 7.46. The van der Waals surface area contributed by atoms with E-state index in [0.29, 0.717) is 10.8 Å². The van der Waals surface area contributed by atoms with Gasteiger partial charge in [0.25, 0.3) is 0 Å². The Hall–Kier alpha value is -2.60. The third-order valence-electron chi connectivity index (χ3n) is 4.60. The highest BCUT2D eigenvalue weighted by molar-refractivity contribution is 6.35. The highest BCUT2D eigenvalue weighted by atomic mass is 35.5. The van der Waals surface area contributed by atoms with E-state index >= 15 is 0 Å². The summed E-state index contributed by atoms with van der Waals surface area (Å²) in [6, 6.07) is 7.60. The molecule has 0 saturated heterocycles. The monoisotopic (exact) mass is 398 g/mol. The van der Waals surface area contributed by atoms with Crippen LogP contribution in [0.4, 0.5) is 10.5 Å². The predicted molar refractivity (Wildman–Crippen MR) is 111 cm³/mol. The molecule has 0 unspecified atom stereocenters. The number of halogens is 1. The van der Waals surface area contributed by atoms with E-state index in [4.69, 9.17) is 16.3 Å². The number of benzene rings is 1. The fourth-order valence-electron chi connectivity index (χ4n) is 3.18. The maximum absolute atomic E-state index is 11.9. The van der Waals surface area contributed by atoms with Gasteiger partial charge < -0.3 is 9.30 Å². The lowest BCUT2D eigenvalue weighted by Gasteiger charge is -2.19. The Kier molecular flexibility index (Phi) is 4.75. The number of carbonyl (C=O) groups is 1. The summed E-state index contributed by atoms with van der Waals surface area (Å²) in [5.74, 6) is 0.720. The Morgan fingerprint density at radius 3 is 2.61 bits per heavy atom. The molecule has 0 atom stereocenters. The van der Waals surface area contributed by atoms with Gasteiger partial charge in [-0.15, -0.1) is 0 Å². The number of ether oxygens (including phenoxy) is 1. The van der Waals surface area contributed by atoms with E-state index in [1.54, 1.807) is 0 Å². The van der Waals surface area contributed by atoms with Crippen molar-refractivity contribution in [2.75, 3.05) is 5.32 Å². The van der Waals surface area contributed by atoms with E-state index in [2.05, 4.69) is 26.0 Å². The third-order valence-corrected chi connectivity index (χ3v) is 4.89. The Balaban J connectivity index is 1.62. The van der Waals surface area contributed by atoms with E-state index < -0.39 is 11.7 Å². The number of fused-ring (bicyclic) bond motifs is 1. The zero-order valence-corrected chi connectivity index (χ0v) is 17.0. The van der Waals surface area contributed by atoms with E-state index in [1.807, 2.05) is 45.0 Å². The Morgan fingerprint density at radius 2 is 1.96 bits per heavy atom. The largest absolute Gasteiger partial charge is 0.444 e. The fourth-order valence-corrected chi connectivity index (χ4v) is 3.41. The van der Waals surface area contributed by atoms with Crippen molar-refractivity contribution in [1.29, 1.82) is 0 Å². The standard InChI is InChI=1S/C21H23ClN4O2/c1-21(2,3)28-20(27)25-15-8-6-14(7-9-15)16-11-26(10-13-4-5-13)19-17(16)18(22)23-12-24-19/h6-9,11-13H,4-5,10H2,1-3H3,(H,25,27). The summed E-state index contributed by atoms with van der Waals surface area (Å²) in [6.45, 7) is 6.44. The van der Waals surface area contributed by atoms with E-state index in [0.717, 1.165) is 34.6 Å². The molecule has 1 fully saturated rings. The predicted octanol–water partition coefficient (Wildman–Crippen LogP) is 5.51. The number of anilines is 1. The Labute approximate surface area is 168 Å². The van der Waals surface area contributed by atoms with Crippen LogP contribution >= 0.6 is 11.6 Å². The van der Waals surface area contributed by atoms with Crippen molar-refractivity contribution in [3.8, 4) is 11.1 Å². The molecule has 0 radical (unpaired) electrons. The quantitative estimate of drug-likeness (QED) is 0.588. The second kappa shape index (κ2) is 7.09. The Morgan fingerprint density at radius 1 is 1.25 bits per heavy atom. The lowest BCUT2D eigenvalue weighted by Crippen LogP contribution is -2.27. The van der Waals surface area contributed by atoms with Crippen molar-refractivity contribution < 1.29 is 9.53 Å². The van der Waals surface area contributed by atoms with Crippen LogP contribution in [0.5, 0.6) is 0 Å². The minimum Gasteiger partial charge on any atom is -0.444 e. The minimum absolute atomic E-state index is 0.450. The minimum atomic E-state index is -0.538. The highest BCUT2D eigenvalue weighted by Gasteiger charge is 2.24. The lowest BCUT2D eigenvalue weighted by molar-refractivity contribution is 0.0636. The average molecular weight is 399 g/mol. The van der Waals surface area contributed by atoms with Gasteiger partial charge in [-0.2, -0.15) is 0 Å². The SMILES string of the molecule is CC(C)(C)OC(=O)Nc1ccc(-c2cn(CC3CC3)c3ncnc(Cl)c23)cc1. The maximum Gasteiger partial charge on any atom is 0.412 e. The Bertz CT molecular complexity index is 1020. The molecule has 1 aliphatic carbocycles. The lowest BCUT2D eigenvalue weighted by atomic mass is 10.1. The van der Waals surface area contributed by atoms with Crippen LogP contribution in [-0.2, 0) is 11.3 Å². The van der Waals surface area contributed by atoms with E-state index in [1.165, 1.54) is 19.2 Å². The first-order chi connectivity index (χ1) is 13.3. The van der Waals surface area contributed by atoms with Gasteiger partial charge >= 0.3 is 6.09 Å². The summed E-state index contributed by atoms with van der Waals surface area (Å²) in [5, 5.41) is 4.06. The molecule has 1 amide bonds. The number of hydrogen-bond donors (Lipinski definition) is 1. The number of carbonyl (C=O) groups excluding carboxylic acids is 1. The van der Waals surface area contributed by atoms with Crippen LogP contribution in [0.25, 0.3) is 22.2 Å². The van der Waals surface area contributed by atoms with Crippen molar-refractivity contribution in [3.63, 3.8) is 0 Å². The first kappa shape index (κ1) is 18.7. The molecule has 4 rings (SSSR count). The molecule has 1 saturated carbocycles. The smallest absolute Gasteiger partial charge is 0.412 e. The van der Waals surface area contributed by atoms with Gasteiger partial charge in [-0.3, -0.25) is 5.32 Å². The summed E-state index contributed by atoms with van der Waals surface area (Å²) in [7, 11) is 0. The van der Waals surface area contributed by atoms with Crippen molar-refractivity contribution in [2.45, 2.75) is 45.8 Å². The van der Waals surface area contributed by atoms with Gasteiger partial charge in [0.1, 0.15) is 22.7 Å². The summed E-state index contributed by atoms with van der Waals surface area (Å²) in [5.41, 5.74) is 2.97. The number of aromatic nitrogens is 3. The summed E-state index contributed by atoms with van der Waals surface area (Å²) >= 11 is 6.40. The van der Waals surface area contributed by atoms with Crippen LogP contribution in [-0.4, -0.2) is 26.2 Å².